The second-order valence-electron chi connectivity index (χ2n) is 1.81. The second-order valence-corrected chi connectivity index (χ2v) is 1.81. The fourth-order valence-electron chi connectivity index (χ4n) is 0.540. The molecule has 0 heterocycles. The summed E-state index contributed by atoms with van der Waals surface area (Å²) in [5.74, 6) is 0.171. The number of rotatable bonds is 3. The van der Waals surface area contributed by atoms with E-state index in [-0.39, 0.29) is 5.92 Å². The molecule has 2 heteroatoms. The Morgan fingerprint density at radius 3 is 2.88 bits per heavy atom. The van der Waals surface area contributed by atoms with Crippen LogP contribution < -0.4 is 0 Å². The van der Waals surface area contributed by atoms with Gasteiger partial charge in [-0.2, -0.15) is 0 Å². The summed E-state index contributed by atoms with van der Waals surface area (Å²) in [6.45, 7) is 5.78. The van der Waals surface area contributed by atoms with Gasteiger partial charge in [-0.1, -0.05) is 13.3 Å². The van der Waals surface area contributed by atoms with Crippen molar-refractivity contribution >= 4 is 6.21 Å². The molecule has 1 atom stereocenters. The van der Waals surface area contributed by atoms with Crippen molar-refractivity contribution in [2.45, 2.75) is 19.8 Å². The van der Waals surface area contributed by atoms with Gasteiger partial charge in [-0.3, -0.25) is 0 Å². The molecule has 0 saturated carbocycles. The van der Waals surface area contributed by atoms with E-state index in [4.69, 9.17) is 5.21 Å². The number of oxime groups is 1. The van der Waals surface area contributed by atoms with E-state index in [9.17, 15) is 0 Å². The van der Waals surface area contributed by atoms with Crippen molar-refractivity contribution in [3.8, 4) is 0 Å². The Morgan fingerprint density at radius 1 is 1.88 bits per heavy atom. The first-order chi connectivity index (χ1) is 3.81. The molecule has 1 unspecified atom stereocenters. The topological polar surface area (TPSA) is 32.6 Å². The van der Waals surface area contributed by atoms with Crippen LogP contribution >= 0.6 is 0 Å². The average molecular weight is 114 g/mol. The van der Waals surface area contributed by atoms with E-state index in [2.05, 4.69) is 19.0 Å². The van der Waals surface area contributed by atoms with Crippen LogP contribution in [0.5, 0.6) is 0 Å². The van der Waals surface area contributed by atoms with Crippen molar-refractivity contribution in [1.82, 2.24) is 0 Å². The maximum atomic E-state index is 7.99. The highest BCUT2D eigenvalue weighted by atomic mass is 16.4. The standard InChI is InChI=1S/C6H12NO/c1-3-4-6(2)5-7-8/h5-6,8H,2-4H2,1H3/b7-5-. The lowest BCUT2D eigenvalue weighted by Crippen LogP contribution is -1.94. The minimum atomic E-state index is 0.171. The summed E-state index contributed by atoms with van der Waals surface area (Å²) in [4.78, 5) is 0. The maximum absolute atomic E-state index is 7.99. The van der Waals surface area contributed by atoms with Gasteiger partial charge in [0.1, 0.15) is 0 Å². The first-order valence-corrected chi connectivity index (χ1v) is 2.82. The van der Waals surface area contributed by atoms with E-state index in [1.165, 1.54) is 6.21 Å². The van der Waals surface area contributed by atoms with Crippen molar-refractivity contribution < 1.29 is 5.21 Å². The van der Waals surface area contributed by atoms with Crippen LogP contribution in [0.2, 0.25) is 0 Å². The monoisotopic (exact) mass is 114 g/mol. The van der Waals surface area contributed by atoms with Crippen LogP contribution in [0.1, 0.15) is 19.8 Å². The van der Waals surface area contributed by atoms with Gasteiger partial charge in [0.25, 0.3) is 0 Å². The lowest BCUT2D eigenvalue weighted by Gasteiger charge is -1.97. The first kappa shape index (κ1) is 7.47. The zero-order valence-corrected chi connectivity index (χ0v) is 5.17. The van der Waals surface area contributed by atoms with Gasteiger partial charge in [0.2, 0.25) is 0 Å². The summed E-state index contributed by atoms with van der Waals surface area (Å²) in [7, 11) is 0. The van der Waals surface area contributed by atoms with E-state index < -0.39 is 0 Å². The van der Waals surface area contributed by atoms with Crippen molar-refractivity contribution in [1.29, 1.82) is 0 Å². The van der Waals surface area contributed by atoms with Gasteiger partial charge in [-0.05, 0) is 19.3 Å². The number of nitrogens with zero attached hydrogens (tertiary/aromatic N) is 1. The van der Waals surface area contributed by atoms with E-state index in [0.29, 0.717) is 0 Å². The van der Waals surface area contributed by atoms with Gasteiger partial charge in [0.15, 0.2) is 0 Å². The van der Waals surface area contributed by atoms with Gasteiger partial charge in [0, 0.05) is 6.21 Å². The van der Waals surface area contributed by atoms with Crippen molar-refractivity contribution in [2.75, 3.05) is 0 Å². The summed E-state index contributed by atoms with van der Waals surface area (Å²) in [5, 5.41) is 10.9. The van der Waals surface area contributed by atoms with E-state index in [1.54, 1.807) is 0 Å². The molecule has 0 aromatic carbocycles. The van der Waals surface area contributed by atoms with Crippen LogP contribution in [0.4, 0.5) is 0 Å². The molecule has 0 amide bonds. The first-order valence-electron chi connectivity index (χ1n) is 2.82. The molecular weight excluding hydrogens is 102 g/mol. The molecule has 0 rings (SSSR count). The van der Waals surface area contributed by atoms with E-state index in [0.717, 1.165) is 12.8 Å². The number of hydrogen-bond acceptors (Lipinski definition) is 2. The van der Waals surface area contributed by atoms with Gasteiger partial charge in [-0.15, -0.1) is 5.16 Å². The largest absolute Gasteiger partial charge is 0.411 e. The third-order valence-corrected chi connectivity index (χ3v) is 0.937. The minimum Gasteiger partial charge on any atom is -0.411 e. The molecular formula is C6H12NO. The van der Waals surface area contributed by atoms with Crippen LogP contribution in [0, 0.1) is 12.8 Å². The van der Waals surface area contributed by atoms with Crippen LogP contribution in [-0.4, -0.2) is 11.4 Å². The Kier molecular flexibility index (Phi) is 4.32. The Balaban J connectivity index is 3.17. The fraction of sp³-hybridized carbons (Fsp3) is 0.667. The average Bonchev–Trinajstić information content (AvgIpc) is 1.68. The fourth-order valence-corrected chi connectivity index (χ4v) is 0.540. The molecule has 0 spiro atoms. The molecule has 1 radical (unpaired) electrons. The quantitative estimate of drug-likeness (QED) is 0.338. The molecule has 0 bridgehead atoms. The lowest BCUT2D eigenvalue weighted by atomic mass is 10.1. The van der Waals surface area contributed by atoms with Crippen LogP contribution in [0.15, 0.2) is 5.16 Å². The highest BCUT2D eigenvalue weighted by Crippen LogP contribution is 1.99. The number of hydrogen-bond donors (Lipinski definition) is 1. The highest BCUT2D eigenvalue weighted by molar-refractivity contribution is 5.60. The zero-order valence-electron chi connectivity index (χ0n) is 5.17. The second kappa shape index (κ2) is 4.62. The van der Waals surface area contributed by atoms with Crippen molar-refractivity contribution in [2.24, 2.45) is 11.1 Å². The molecule has 0 fully saturated rings. The third kappa shape index (κ3) is 3.65. The van der Waals surface area contributed by atoms with E-state index >= 15 is 0 Å². The van der Waals surface area contributed by atoms with Crippen LogP contribution in [-0.2, 0) is 0 Å². The molecule has 0 aliphatic heterocycles. The molecule has 1 N–H and O–H groups in total. The molecule has 0 aliphatic carbocycles. The molecule has 2 nitrogen and oxygen atoms in total. The summed E-state index contributed by atoms with van der Waals surface area (Å²) < 4.78 is 0. The predicted octanol–water partition coefficient (Wildman–Crippen LogP) is 1.70. The minimum absolute atomic E-state index is 0.171. The van der Waals surface area contributed by atoms with Crippen molar-refractivity contribution in [3.63, 3.8) is 0 Å². The summed E-state index contributed by atoms with van der Waals surface area (Å²) in [6.07, 6.45) is 3.52. The molecule has 0 aromatic heterocycles. The Morgan fingerprint density at radius 2 is 2.50 bits per heavy atom. The van der Waals surface area contributed by atoms with Crippen LogP contribution in [0.3, 0.4) is 0 Å². The molecule has 0 saturated heterocycles. The normalized spacial score (nSPS) is 14.8. The highest BCUT2D eigenvalue weighted by Gasteiger charge is 1.93. The van der Waals surface area contributed by atoms with E-state index in [1.807, 2.05) is 0 Å². The summed E-state index contributed by atoms with van der Waals surface area (Å²) in [6, 6.07) is 0. The maximum Gasteiger partial charge on any atom is 0.0466 e. The molecule has 8 heavy (non-hydrogen) atoms. The zero-order chi connectivity index (χ0) is 6.41. The summed E-state index contributed by atoms with van der Waals surface area (Å²) in [5.41, 5.74) is 0. The SMILES string of the molecule is [CH2]C(/C=N\O)CCC. The van der Waals surface area contributed by atoms with Crippen LogP contribution in [0.25, 0.3) is 0 Å². The molecule has 0 aromatic rings. The molecule has 47 valence electrons. The smallest absolute Gasteiger partial charge is 0.0466 e. The van der Waals surface area contributed by atoms with Crippen molar-refractivity contribution in [3.05, 3.63) is 6.92 Å². The summed E-state index contributed by atoms with van der Waals surface area (Å²) >= 11 is 0. The third-order valence-electron chi connectivity index (χ3n) is 0.937. The Labute approximate surface area is 50.2 Å². The predicted molar refractivity (Wildman–Crippen MR) is 34.0 cm³/mol. The Bertz CT molecular complexity index is 70.9. The Hall–Kier alpha value is -0.530. The van der Waals surface area contributed by atoms with Gasteiger partial charge in [0.05, 0.1) is 0 Å². The molecule has 0 aliphatic rings. The van der Waals surface area contributed by atoms with Gasteiger partial charge >= 0.3 is 0 Å². The van der Waals surface area contributed by atoms with Gasteiger partial charge in [-0.25, -0.2) is 0 Å². The van der Waals surface area contributed by atoms with Gasteiger partial charge < -0.3 is 5.21 Å². The lowest BCUT2D eigenvalue weighted by molar-refractivity contribution is 0.319.